The van der Waals surface area contributed by atoms with Crippen molar-refractivity contribution in [1.29, 1.82) is 0 Å². The number of H-pyrrole nitrogens is 1. The number of rotatable bonds is 6. The Balaban J connectivity index is 1.88. The van der Waals surface area contributed by atoms with Gasteiger partial charge < -0.3 is 18.8 Å². The highest BCUT2D eigenvalue weighted by Gasteiger charge is 2.22. The molecule has 0 saturated heterocycles. The van der Waals surface area contributed by atoms with E-state index in [4.69, 9.17) is 14.2 Å². The standard InChI is InChI=1S/C15H16N4O4S/c1-21-11-6-7-16-10(13(11)23-3)8-24(20)15-17-9-4-5-12(22-2)18-14(9)19-15/h4-7H,8H2,1-3H3,(H,17,18,19)/t24-/m1/s1. The van der Waals surface area contributed by atoms with Crippen molar-refractivity contribution in [3.05, 3.63) is 30.1 Å². The number of methoxy groups -OCH3 is 3. The maximum atomic E-state index is 12.6. The molecule has 0 aliphatic carbocycles. The van der Waals surface area contributed by atoms with E-state index in [9.17, 15) is 4.55 Å². The van der Waals surface area contributed by atoms with Gasteiger partial charge in [-0.25, -0.2) is 0 Å². The van der Waals surface area contributed by atoms with Crippen LogP contribution in [0.2, 0.25) is 0 Å². The second-order valence-corrected chi connectivity index (χ2v) is 6.11. The van der Waals surface area contributed by atoms with E-state index < -0.39 is 11.2 Å². The van der Waals surface area contributed by atoms with Crippen molar-refractivity contribution >= 4 is 22.3 Å². The first-order valence-corrected chi connectivity index (χ1v) is 8.33. The Labute approximate surface area is 141 Å². The van der Waals surface area contributed by atoms with E-state index in [2.05, 4.69) is 19.9 Å². The molecule has 1 N–H and O–H groups in total. The van der Waals surface area contributed by atoms with Gasteiger partial charge >= 0.3 is 5.16 Å². The molecule has 9 heteroatoms. The van der Waals surface area contributed by atoms with Crippen LogP contribution in [0.15, 0.2) is 29.6 Å². The highest BCUT2D eigenvalue weighted by atomic mass is 32.2. The van der Waals surface area contributed by atoms with Gasteiger partial charge in [0.15, 0.2) is 22.9 Å². The average Bonchev–Trinajstić information content (AvgIpc) is 3.04. The van der Waals surface area contributed by atoms with E-state index >= 15 is 0 Å². The van der Waals surface area contributed by atoms with E-state index in [-0.39, 0.29) is 5.75 Å². The summed E-state index contributed by atoms with van der Waals surface area (Å²) in [7, 11) is 4.59. The minimum Gasteiger partial charge on any atom is -0.609 e. The average molecular weight is 348 g/mol. The minimum atomic E-state index is -1.44. The lowest BCUT2D eigenvalue weighted by Gasteiger charge is -2.12. The molecule has 0 amide bonds. The van der Waals surface area contributed by atoms with Gasteiger partial charge in [-0.3, -0.25) is 9.97 Å². The molecule has 1 atom stereocenters. The Morgan fingerprint density at radius 1 is 1.08 bits per heavy atom. The Bertz CT molecular complexity index is 855. The molecule has 3 aromatic rings. The molecule has 0 radical (unpaired) electrons. The molecular weight excluding hydrogens is 332 g/mol. The van der Waals surface area contributed by atoms with E-state index in [0.29, 0.717) is 39.4 Å². The number of aromatic nitrogens is 4. The van der Waals surface area contributed by atoms with Crippen LogP contribution in [0.4, 0.5) is 0 Å². The fourth-order valence-corrected chi connectivity index (χ4v) is 3.22. The third-order valence-electron chi connectivity index (χ3n) is 3.35. The van der Waals surface area contributed by atoms with Crippen molar-refractivity contribution in [2.45, 2.75) is 10.9 Å². The monoisotopic (exact) mass is 348 g/mol. The van der Waals surface area contributed by atoms with E-state index in [1.807, 2.05) is 0 Å². The molecule has 0 aliphatic heterocycles. The molecule has 24 heavy (non-hydrogen) atoms. The summed E-state index contributed by atoms with van der Waals surface area (Å²) in [6.45, 7) is 0. The Hall–Kier alpha value is -2.52. The van der Waals surface area contributed by atoms with Gasteiger partial charge in [0.2, 0.25) is 5.88 Å². The number of fused-ring (bicyclic) bond motifs is 1. The highest BCUT2D eigenvalue weighted by molar-refractivity contribution is 7.90. The van der Waals surface area contributed by atoms with Crippen LogP contribution in [0.5, 0.6) is 17.4 Å². The Morgan fingerprint density at radius 3 is 2.62 bits per heavy atom. The molecule has 0 saturated carbocycles. The van der Waals surface area contributed by atoms with Crippen LogP contribution >= 0.6 is 0 Å². The smallest absolute Gasteiger partial charge is 0.323 e. The summed E-state index contributed by atoms with van der Waals surface area (Å²) in [6, 6.07) is 5.13. The molecule has 0 bridgehead atoms. The zero-order valence-corrected chi connectivity index (χ0v) is 14.2. The van der Waals surface area contributed by atoms with Crippen LogP contribution in [0.1, 0.15) is 5.69 Å². The first-order valence-electron chi connectivity index (χ1n) is 7.01. The number of aromatic amines is 1. The minimum absolute atomic E-state index is 0.136. The molecule has 3 rings (SSSR count). The molecule has 3 heterocycles. The topological polar surface area (TPSA) is 105 Å². The van der Waals surface area contributed by atoms with Crippen molar-refractivity contribution < 1.29 is 18.8 Å². The van der Waals surface area contributed by atoms with E-state index in [0.717, 1.165) is 0 Å². The van der Waals surface area contributed by atoms with Gasteiger partial charge in [-0.2, -0.15) is 9.97 Å². The molecule has 126 valence electrons. The number of imidazole rings is 1. The van der Waals surface area contributed by atoms with Gasteiger partial charge in [0.1, 0.15) is 11.2 Å². The number of hydrogen-bond donors (Lipinski definition) is 1. The molecule has 0 unspecified atom stereocenters. The molecular formula is C15H16N4O4S. The van der Waals surface area contributed by atoms with Crippen molar-refractivity contribution in [2.75, 3.05) is 21.3 Å². The first-order chi connectivity index (χ1) is 11.7. The van der Waals surface area contributed by atoms with Crippen LogP contribution in [-0.2, 0) is 16.9 Å². The van der Waals surface area contributed by atoms with Crippen LogP contribution in [-0.4, -0.2) is 45.8 Å². The number of hydrogen-bond acceptors (Lipinski definition) is 7. The maximum Gasteiger partial charge on any atom is 0.323 e. The van der Waals surface area contributed by atoms with Gasteiger partial charge in [-0.05, 0) is 6.07 Å². The second-order valence-electron chi connectivity index (χ2n) is 4.75. The molecule has 0 aliphatic rings. The van der Waals surface area contributed by atoms with Gasteiger partial charge in [-0.1, -0.05) is 0 Å². The predicted molar refractivity (Wildman–Crippen MR) is 87.9 cm³/mol. The summed E-state index contributed by atoms with van der Waals surface area (Å²) in [4.78, 5) is 15.7. The molecule has 0 fully saturated rings. The molecule has 8 nitrogen and oxygen atoms in total. The van der Waals surface area contributed by atoms with Gasteiger partial charge in [0, 0.05) is 29.5 Å². The second kappa shape index (κ2) is 6.93. The van der Waals surface area contributed by atoms with Crippen molar-refractivity contribution in [3.63, 3.8) is 0 Å². The maximum absolute atomic E-state index is 12.6. The largest absolute Gasteiger partial charge is 0.609 e. The lowest BCUT2D eigenvalue weighted by molar-refractivity contribution is 0.350. The van der Waals surface area contributed by atoms with Crippen LogP contribution in [0, 0.1) is 0 Å². The fourth-order valence-electron chi connectivity index (χ4n) is 2.22. The van der Waals surface area contributed by atoms with Crippen molar-refractivity contribution in [2.24, 2.45) is 0 Å². The summed E-state index contributed by atoms with van der Waals surface area (Å²) in [5.41, 5.74) is 1.66. The summed E-state index contributed by atoms with van der Waals surface area (Å²) >= 11 is -1.44. The zero-order chi connectivity index (χ0) is 17.1. The number of ether oxygens (including phenoxy) is 3. The van der Waals surface area contributed by atoms with Gasteiger partial charge in [-0.15, -0.1) is 0 Å². The quantitative estimate of drug-likeness (QED) is 0.676. The highest BCUT2D eigenvalue weighted by Crippen LogP contribution is 2.31. The van der Waals surface area contributed by atoms with E-state index in [1.165, 1.54) is 21.3 Å². The van der Waals surface area contributed by atoms with Crippen LogP contribution < -0.4 is 14.2 Å². The van der Waals surface area contributed by atoms with Gasteiger partial charge in [0.25, 0.3) is 0 Å². The summed E-state index contributed by atoms with van der Waals surface area (Å²) in [5, 5.41) is 0.317. The van der Waals surface area contributed by atoms with Gasteiger partial charge in [0.05, 0.1) is 21.3 Å². The number of nitrogens with zero attached hydrogens (tertiary/aromatic N) is 3. The molecule has 0 aromatic carbocycles. The number of pyridine rings is 2. The summed E-state index contributed by atoms with van der Waals surface area (Å²) < 4.78 is 28.2. The van der Waals surface area contributed by atoms with Crippen molar-refractivity contribution in [1.82, 2.24) is 19.9 Å². The third kappa shape index (κ3) is 3.08. The number of nitrogens with one attached hydrogen (secondary N) is 1. The lowest BCUT2D eigenvalue weighted by Crippen LogP contribution is -2.10. The SMILES string of the molecule is COc1ccc2nc([S@+]([O-])Cc3nccc(OC)c3OC)[nH]c2n1. The first kappa shape index (κ1) is 16.3. The molecule has 3 aromatic heterocycles. The predicted octanol–water partition coefficient (Wildman–Crippen LogP) is 1.69. The normalized spacial score (nSPS) is 12.2. The Morgan fingerprint density at radius 2 is 1.92 bits per heavy atom. The van der Waals surface area contributed by atoms with Crippen molar-refractivity contribution in [3.8, 4) is 17.4 Å². The fraction of sp³-hybridized carbons (Fsp3) is 0.267. The van der Waals surface area contributed by atoms with Crippen LogP contribution in [0.3, 0.4) is 0 Å². The summed E-state index contributed by atoms with van der Waals surface area (Å²) in [5.74, 6) is 1.59. The van der Waals surface area contributed by atoms with E-state index in [1.54, 1.807) is 24.4 Å². The van der Waals surface area contributed by atoms with Crippen LogP contribution in [0.25, 0.3) is 11.2 Å². The Kier molecular flexibility index (Phi) is 4.72. The zero-order valence-electron chi connectivity index (χ0n) is 13.4. The third-order valence-corrected chi connectivity index (χ3v) is 4.51. The lowest BCUT2D eigenvalue weighted by atomic mass is 10.3. The summed E-state index contributed by atoms with van der Waals surface area (Å²) in [6.07, 6.45) is 1.58. The molecule has 0 spiro atoms.